The third-order valence-corrected chi connectivity index (χ3v) is 5.25. The average molecular weight is 391 g/mol. The molecule has 29 heavy (non-hydrogen) atoms. The number of benzene rings is 2. The molecule has 1 heterocycles. The number of rotatable bonds is 9. The van der Waals surface area contributed by atoms with Gasteiger partial charge in [0.25, 0.3) is 5.91 Å². The summed E-state index contributed by atoms with van der Waals surface area (Å²) >= 11 is 0. The van der Waals surface area contributed by atoms with Crippen LogP contribution >= 0.6 is 0 Å². The van der Waals surface area contributed by atoms with Gasteiger partial charge in [0, 0.05) is 37.6 Å². The van der Waals surface area contributed by atoms with Gasteiger partial charge in [0.15, 0.2) is 0 Å². The Kier molecular flexibility index (Phi) is 7.19. The van der Waals surface area contributed by atoms with Crippen molar-refractivity contribution in [1.82, 2.24) is 19.8 Å². The van der Waals surface area contributed by atoms with E-state index in [2.05, 4.69) is 66.3 Å². The molecule has 2 aromatic carbocycles. The van der Waals surface area contributed by atoms with Gasteiger partial charge in [0.05, 0.1) is 6.33 Å². The van der Waals surface area contributed by atoms with E-state index in [0.29, 0.717) is 18.7 Å². The summed E-state index contributed by atoms with van der Waals surface area (Å²) in [6, 6.07) is 14.5. The molecule has 1 N–H and O–H groups in total. The van der Waals surface area contributed by atoms with Gasteiger partial charge in [-0.05, 0) is 48.8 Å². The predicted molar refractivity (Wildman–Crippen MR) is 118 cm³/mol. The molecule has 0 saturated carbocycles. The predicted octanol–water partition coefficient (Wildman–Crippen LogP) is 3.98. The van der Waals surface area contributed by atoms with E-state index in [-0.39, 0.29) is 5.91 Å². The van der Waals surface area contributed by atoms with Crippen LogP contribution in [-0.4, -0.2) is 46.5 Å². The van der Waals surface area contributed by atoms with Crippen LogP contribution in [0.15, 0.2) is 61.2 Å². The number of nitrogens with one attached hydrogen (secondary N) is 1. The average Bonchev–Trinajstić information content (AvgIpc) is 3.24. The molecule has 0 atom stereocenters. The topological polar surface area (TPSA) is 50.2 Å². The number of likely N-dealkylation sites (N-methyl/N-ethyl adjacent to an activating group) is 1. The van der Waals surface area contributed by atoms with Gasteiger partial charge in [-0.15, -0.1) is 0 Å². The van der Waals surface area contributed by atoms with E-state index in [4.69, 9.17) is 0 Å². The van der Waals surface area contributed by atoms with E-state index < -0.39 is 0 Å². The number of amides is 1. The van der Waals surface area contributed by atoms with Crippen molar-refractivity contribution in [3.63, 3.8) is 0 Å². The summed E-state index contributed by atoms with van der Waals surface area (Å²) in [6.07, 6.45) is 5.45. The Morgan fingerprint density at radius 2 is 1.79 bits per heavy atom. The summed E-state index contributed by atoms with van der Waals surface area (Å²) in [5.41, 5.74) is 5.20. The number of hydrogen-bond donors (Lipinski definition) is 1. The van der Waals surface area contributed by atoms with Crippen LogP contribution in [0.5, 0.6) is 0 Å². The van der Waals surface area contributed by atoms with Gasteiger partial charge in [0.1, 0.15) is 0 Å². The fraction of sp³-hybridized carbons (Fsp3) is 0.333. The number of imidazole rings is 1. The van der Waals surface area contributed by atoms with Gasteiger partial charge >= 0.3 is 0 Å². The molecule has 3 rings (SSSR count). The second kappa shape index (κ2) is 10.0. The molecular formula is C24H30N4O. The summed E-state index contributed by atoms with van der Waals surface area (Å²) < 4.78 is 1.99. The molecule has 0 spiro atoms. The lowest BCUT2D eigenvalue weighted by atomic mass is 9.98. The SMILES string of the molecule is CCN(CC)CCNC(=O)c1ccc(-c2ccc(C)cc2)cc1Cn1ccnc1. The zero-order valence-corrected chi connectivity index (χ0v) is 17.6. The van der Waals surface area contributed by atoms with Crippen molar-refractivity contribution in [2.45, 2.75) is 27.3 Å². The van der Waals surface area contributed by atoms with Crippen LogP contribution in [0.25, 0.3) is 11.1 Å². The molecule has 1 aromatic heterocycles. The van der Waals surface area contributed by atoms with Crippen molar-refractivity contribution in [2.24, 2.45) is 0 Å². The van der Waals surface area contributed by atoms with Crippen molar-refractivity contribution in [2.75, 3.05) is 26.2 Å². The lowest BCUT2D eigenvalue weighted by Gasteiger charge is -2.18. The van der Waals surface area contributed by atoms with E-state index in [0.717, 1.165) is 36.3 Å². The van der Waals surface area contributed by atoms with E-state index in [1.54, 1.807) is 12.5 Å². The Hall–Kier alpha value is -2.92. The minimum atomic E-state index is -0.0253. The Balaban J connectivity index is 1.83. The normalized spacial score (nSPS) is 11.0. The summed E-state index contributed by atoms with van der Waals surface area (Å²) in [6.45, 7) is 10.4. The Morgan fingerprint density at radius 3 is 2.45 bits per heavy atom. The van der Waals surface area contributed by atoms with E-state index in [9.17, 15) is 4.79 Å². The highest BCUT2D eigenvalue weighted by molar-refractivity contribution is 5.96. The maximum absolute atomic E-state index is 12.9. The molecule has 0 aliphatic rings. The molecule has 5 nitrogen and oxygen atoms in total. The number of aromatic nitrogens is 2. The standard InChI is InChI=1S/C24H30N4O/c1-4-27(5-2)15-13-26-24(29)23-11-10-21(20-8-6-19(3)7-9-20)16-22(23)17-28-14-12-25-18-28/h6-12,14,16,18H,4-5,13,15,17H2,1-3H3,(H,26,29). The molecule has 152 valence electrons. The van der Waals surface area contributed by atoms with Crippen LogP contribution in [0.1, 0.15) is 35.3 Å². The van der Waals surface area contributed by atoms with E-state index >= 15 is 0 Å². The molecule has 0 radical (unpaired) electrons. The number of aryl methyl sites for hydroxylation is 1. The van der Waals surface area contributed by atoms with Crippen LogP contribution in [-0.2, 0) is 6.54 Å². The molecular weight excluding hydrogens is 360 g/mol. The Bertz CT molecular complexity index is 913. The summed E-state index contributed by atoms with van der Waals surface area (Å²) in [4.78, 5) is 19.3. The number of carbonyl (C=O) groups excluding carboxylic acids is 1. The van der Waals surface area contributed by atoms with Gasteiger partial charge < -0.3 is 14.8 Å². The molecule has 5 heteroatoms. The highest BCUT2D eigenvalue weighted by atomic mass is 16.1. The zero-order chi connectivity index (χ0) is 20.6. The third kappa shape index (κ3) is 5.55. The van der Waals surface area contributed by atoms with Crippen molar-refractivity contribution in [3.05, 3.63) is 77.9 Å². The fourth-order valence-electron chi connectivity index (χ4n) is 3.41. The maximum Gasteiger partial charge on any atom is 0.251 e. The second-order valence-electron chi connectivity index (χ2n) is 7.26. The highest BCUT2D eigenvalue weighted by Gasteiger charge is 2.13. The van der Waals surface area contributed by atoms with Crippen molar-refractivity contribution < 1.29 is 4.79 Å². The quantitative estimate of drug-likeness (QED) is 0.601. The first kappa shape index (κ1) is 20.8. The maximum atomic E-state index is 12.9. The van der Waals surface area contributed by atoms with Crippen LogP contribution in [0, 0.1) is 6.92 Å². The molecule has 0 saturated heterocycles. The molecule has 0 bridgehead atoms. The van der Waals surface area contributed by atoms with E-state index in [1.807, 2.05) is 22.9 Å². The number of hydrogen-bond acceptors (Lipinski definition) is 3. The van der Waals surface area contributed by atoms with Crippen molar-refractivity contribution in [1.29, 1.82) is 0 Å². The van der Waals surface area contributed by atoms with Gasteiger partial charge in [-0.2, -0.15) is 0 Å². The van der Waals surface area contributed by atoms with Crippen LogP contribution in [0.2, 0.25) is 0 Å². The Labute approximate surface area is 173 Å². The molecule has 0 unspecified atom stereocenters. The van der Waals surface area contributed by atoms with Crippen LogP contribution in [0.4, 0.5) is 0 Å². The van der Waals surface area contributed by atoms with Gasteiger partial charge in [-0.3, -0.25) is 4.79 Å². The number of nitrogens with zero attached hydrogens (tertiary/aromatic N) is 3. The lowest BCUT2D eigenvalue weighted by molar-refractivity contribution is 0.0948. The highest BCUT2D eigenvalue weighted by Crippen LogP contribution is 2.24. The second-order valence-corrected chi connectivity index (χ2v) is 7.26. The monoisotopic (exact) mass is 390 g/mol. The minimum absolute atomic E-state index is 0.0253. The van der Waals surface area contributed by atoms with Gasteiger partial charge in [-0.1, -0.05) is 49.7 Å². The lowest BCUT2D eigenvalue weighted by Crippen LogP contribution is -2.35. The molecule has 0 fully saturated rings. The minimum Gasteiger partial charge on any atom is -0.351 e. The largest absolute Gasteiger partial charge is 0.351 e. The molecule has 0 aliphatic heterocycles. The van der Waals surface area contributed by atoms with Crippen LogP contribution in [0.3, 0.4) is 0 Å². The first-order valence-electron chi connectivity index (χ1n) is 10.3. The van der Waals surface area contributed by atoms with Gasteiger partial charge in [0.2, 0.25) is 0 Å². The molecule has 0 aliphatic carbocycles. The van der Waals surface area contributed by atoms with Gasteiger partial charge in [-0.25, -0.2) is 4.98 Å². The first-order valence-corrected chi connectivity index (χ1v) is 10.3. The smallest absolute Gasteiger partial charge is 0.251 e. The molecule has 3 aromatic rings. The molecule has 1 amide bonds. The van der Waals surface area contributed by atoms with E-state index in [1.165, 1.54) is 5.56 Å². The Morgan fingerprint density at radius 1 is 1.07 bits per heavy atom. The number of carbonyl (C=O) groups is 1. The fourth-order valence-corrected chi connectivity index (χ4v) is 3.41. The summed E-state index contributed by atoms with van der Waals surface area (Å²) in [5.74, 6) is -0.0253. The van der Waals surface area contributed by atoms with Crippen molar-refractivity contribution in [3.8, 4) is 11.1 Å². The summed E-state index contributed by atoms with van der Waals surface area (Å²) in [7, 11) is 0. The van der Waals surface area contributed by atoms with Crippen LogP contribution < -0.4 is 5.32 Å². The summed E-state index contributed by atoms with van der Waals surface area (Å²) in [5, 5.41) is 3.08. The zero-order valence-electron chi connectivity index (χ0n) is 17.6. The third-order valence-electron chi connectivity index (χ3n) is 5.25. The van der Waals surface area contributed by atoms with Crippen molar-refractivity contribution >= 4 is 5.91 Å². The first-order chi connectivity index (χ1) is 14.1.